The van der Waals surface area contributed by atoms with E-state index in [0.29, 0.717) is 42.4 Å². The van der Waals surface area contributed by atoms with Gasteiger partial charge in [0.15, 0.2) is 11.5 Å². The number of phenolic OH excluding ortho intramolecular Hbond substituents is 2. The van der Waals surface area contributed by atoms with E-state index in [1.54, 1.807) is 51.3 Å². The molecule has 29 heavy (non-hydrogen) atoms. The average Bonchev–Trinajstić information content (AvgIpc) is 2.74. The van der Waals surface area contributed by atoms with E-state index >= 15 is 0 Å². The molecule has 1 saturated heterocycles. The highest BCUT2D eigenvalue weighted by Gasteiger charge is 2.34. The minimum atomic E-state index is -0.266. The fourth-order valence-corrected chi connectivity index (χ4v) is 4.67. The van der Waals surface area contributed by atoms with E-state index in [9.17, 15) is 15.0 Å². The molecule has 1 unspecified atom stereocenters. The fraction of sp³-hybridized carbons (Fsp3) is 0.381. The second-order valence-electron chi connectivity index (χ2n) is 6.58. The van der Waals surface area contributed by atoms with E-state index in [4.69, 9.17) is 14.2 Å². The molecule has 0 saturated carbocycles. The number of phenols is 2. The summed E-state index contributed by atoms with van der Waals surface area (Å²) in [6.45, 7) is 0.457. The molecule has 0 bridgehead atoms. The fourth-order valence-electron chi connectivity index (χ4n) is 3.35. The maximum absolute atomic E-state index is 12.8. The largest absolute Gasteiger partial charge is 0.504 e. The summed E-state index contributed by atoms with van der Waals surface area (Å²) in [6, 6.07) is 8.27. The molecule has 1 atom stereocenters. The van der Waals surface area contributed by atoms with E-state index in [0.717, 1.165) is 11.1 Å². The summed E-state index contributed by atoms with van der Waals surface area (Å²) in [7, 11) is 4.74. The van der Waals surface area contributed by atoms with E-state index < -0.39 is 0 Å². The molecule has 1 aliphatic rings. The van der Waals surface area contributed by atoms with Crippen molar-refractivity contribution in [3.8, 4) is 28.7 Å². The maximum atomic E-state index is 12.8. The van der Waals surface area contributed by atoms with Crippen LogP contribution in [0.15, 0.2) is 30.3 Å². The third kappa shape index (κ3) is 4.48. The van der Waals surface area contributed by atoms with Crippen LogP contribution in [0.2, 0.25) is 0 Å². The van der Waals surface area contributed by atoms with Crippen molar-refractivity contribution in [2.45, 2.75) is 18.2 Å². The van der Waals surface area contributed by atoms with Crippen LogP contribution in [0.5, 0.6) is 28.7 Å². The molecule has 2 N–H and O–H groups in total. The molecular formula is C21H25NO6S. The van der Waals surface area contributed by atoms with Crippen molar-refractivity contribution in [2.75, 3.05) is 33.6 Å². The van der Waals surface area contributed by atoms with Gasteiger partial charge >= 0.3 is 0 Å². The number of nitrogens with zero attached hydrogens (tertiary/aromatic N) is 1. The summed E-state index contributed by atoms with van der Waals surface area (Å²) in [5.74, 6) is 2.23. The molecule has 8 heteroatoms. The maximum Gasteiger partial charge on any atom is 0.224 e. The van der Waals surface area contributed by atoms with Gasteiger partial charge < -0.3 is 29.3 Å². The smallest absolute Gasteiger partial charge is 0.224 e. The SMILES string of the molecule is COc1cc(OC)c(C2SCCC(=O)N2CCc2ccc(O)c(O)c2)c(OC)c1. The number of rotatable bonds is 7. The number of hydrogen-bond acceptors (Lipinski definition) is 7. The molecule has 0 aliphatic carbocycles. The monoisotopic (exact) mass is 419 g/mol. The van der Waals surface area contributed by atoms with E-state index in [1.807, 2.05) is 4.90 Å². The number of ether oxygens (including phenoxy) is 3. The summed E-state index contributed by atoms with van der Waals surface area (Å²) < 4.78 is 16.5. The molecule has 1 heterocycles. The first-order chi connectivity index (χ1) is 14.0. The normalized spacial score (nSPS) is 16.6. The van der Waals surface area contributed by atoms with Crippen molar-refractivity contribution < 1.29 is 29.2 Å². The minimum Gasteiger partial charge on any atom is -0.504 e. The Balaban J connectivity index is 1.92. The summed E-state index contributed by atoms with van der Waals surface area (Å²) in [5, 5.41) is 19.0. The number of amides is 1. The van der Waals surface area contributed by atoms with Gasteiger partial charge in [-0.1, -0.05) is 6.07 Å². The average molecular weight is 419 g/mol. The Labute approximate surface area is 174 Å². The van der Waals surface area contributed by atoms with Crippen molar-refractivity contribution in [1.29, 1.82) is 0 Å². The predicted octanol–water partition coefficient (Wildman–Crippen LogP) is 3.33. The molecule has 0 radical (unpaired) electrons. The van der Waals surface area contributed by atoms with Gasteiger partial charge in [0.05, 0.1) is 26.9 Å². The zero-order chi connectivity index (χ0) is 21.0. The molecule has 7 nitrogen and oxygen atoms in total. The van der Waals surface area contributed by atoms with Gasteiger partial charge in [-0.15, -0.1) is 11.8 Å². The Morgan fingerprint density at radius 2 is 1.72 bits per heavy atom. The van der Waals surface area contributed by atoms with Crippen LogP contribution in [-0.4, -0.2) is 54.6 Å². The number of hydrogen-bond donors (Lipinski definition) is 2. The Kier molecular flexibility index (Phi) is 6.64. The number of carbonyl (C=O) groups is 1. The van der Waals surface area contributed by atoms with Crippen molar-refractivity contribution in [3.05, 3.63) is 41.5 Å². The molecule has 1 amide bonds. The summed E-state index contributed by atoms with van der Waals surface area (Å²) in [6.07, 6.45) is 1.00. The molecule has 0 spiro atoms. The Morgan fingerprint density at radius 1 is 1.03 bits per heavy atom. The van der Waals surface area contributed by atoms with Crippen LogP contribution >= 0.6 is 11.8 Å². The molecule has 2 aromatic carbocycles. The van der Waals surface area contributed by atoms with Gasteiger partial charge in [-0.3, -0.25) is 4.79 Å². The standard InChI is InChI=1S/C21H25NO6S/c1-26-14-11-17(27-2)20(18(12-14)28-3)21-22(19(25)7-9-29-21)8-6-13-4-5-15(23)16(24)10-13/h4-5,10-12,21,23-24H,6-9H2,1-3H3. The van der Waals surface area contributed by atoms with Crippen molar-refractivity contribution >= 4 is 17.7 Å². The van der Waals surface area contributed by atoms with Crippen molar-refractivity contribution in [1.82, 2.24) is 4.90 Å². The Morgan fingerprint density at radius 3 is 2.31 bits per heavy atom. The van der Waals surface area contributed by atoms with Gasteiger partial charge in [-0.25, -0.2) is 0 Å². The summed E-state index contributed by atoms with van der Waals surface area (Å²) in [4.78, 5) is 14.6. The number of thioether (sulfide) groups is 1. The topological polar surface area (TPSA) is 88.5 Å². The lowest BCUT2D eigenvalue weighted by atomic mass is 10.1. The molecular weight excluding hydrogens is 394 g/mol. The Bertz CT molecular complexity index is 862. The quantitative estimate of drug-likeness (QED) is 0.666. The number of carbonyl (C=O) groups excluding carboxylic acids is 1. The van der Waals surface area contributed by atoms with Gasteiger partial charge in [0.25, 0.3) is 0 Å². The zero-order valence-corrected chi connectivity index (χ0v) is 17.5. The van der Waals surface area contributed by atoms with Gasteiger partial charge in [0.2, 0.25) is 5.91 Å². The molecule has 1 aliphatic heterocycles. The second-order valence-corrected chi connectivity index (χ2v) is 7.77. The van der Waals surface area contributed by atoms with Crippen LogP contribution in [0.4, 0.5) is 0 Å². The van der Waals surface area contributed by atoms with E-state index in [-0.39, 0.29) is 22.8 Å². The van der Waals surface area contributed by atoms with Crippen molar-refractivity contribution in [3.63, 3.8) is 0 Å². The first-order valence-corrected chi connectivity index (χ1v) is 10.2. The lowest BCUT2D eigenvalue weighted by Gasteiger charge is -2.36. The van der Waals surface area contributed by atoms with E-state index in [2.05, 4.69) is 0 Å². The summed E-state index contributed by atoms with van der Waals surface area (Å²) in [5.41, 5.74) is 1.62. The van der Waals surface area contributed by atoms with E-state index in [1.165, 1.54) is 12.1 Å². The Hall–Kier alpha value is -2.74. The summed E-state index contributed by atoms with van der Waals surface area (Å²) >= 11 is 1.66. The third-order valence-corrected chi connectivity index (χ3v) is 6.12. The van der Waals surface area contributed by atoms with Crippen LogP contribution in [0.25, 0.3) is 0 Å². The minimum absolute atomic E-state index is 0.0525. The van der Waals surface area contributed by atoms with Crippen molar-refractivity contribution in [2.24, 2.45) is 0 Å². The van der Waals surface area contributed by atoms with Crippen LogP contribution in [-0.2, 0) is 11.2 Å². The number of methoxy groups -OCH3 is 3. The van der Waals surface area contributed by atoms with Crippen LogP contribution in [0, 0.1) is 0 Å². The van der Waals surface area contributed by atoms with Gasteiger partial charge in [0.1, 0.15) is 22.6 Å². The van der Waals surface area contributed by atoms with Crippen LogP contribution in [0.3, 0.4) is 0 Å². The second kappa shape index (κ2) is 9.17. The lowest BCUT2D eigenvalue weighted by Crippen LogP contribution is -2.39. The highest BCUT2D eigenvalue weighted by Crippen LogP contribution is 2.47. The lowest BCUT2D eigenvalue weighted by molar-refractivity contribution is -0.132. The molecule has 0 aromatic heterocycles. The van der Waals surface area contributed by atoms with Crippen LogP contribution in [0.1, 0.15) is 22.9 Å². The molecule has 156 valence electrons. The third-order valence-electron chi connectivity index (χ3n) is 4.88. The first kappa shape index (κ1) is 21.0. The van der Waals surface area contributed by atoms with Gasteiger partial charge in [-0.2, -0.15) is 0 Å². The van der Waals surface area contributed by atoms with Gasteiger partial charge in [-0.05, 0) is 24.1 Å². The van der Waals surface area contributed by atoms with Crippen LogP contribution < -0.4 is 14.2 Å². The number of aromatic hydroxyl groups is 2. The zero-order valence-electron chi connectivity index (χ0n) is 16.7. The highest BCUT2D eigenvalue weighted by atomic mass is 32.2. The first-order valence-electron chi connectivity index (χ1n) is 9.20. The van der Waals surface area contributed by atoms with Gasteiger partial charge in [0, 0.05) is 30.9 Å². The predicted molar refractivity (Wildman–Crippen MR) is 111 cm³/mol. The number of benzene rings is 2. The molecule has 1 fully saturated rings. The highest BCUT2D eigenvalue weighted by molar-refractivity contribution is 7.99. The molecule has 3 rings (SSSR count). The molecule has 2 aromatic rings.